The van der Waals surface area contributed by atoms with Crippen molar-refractivity contribution in [2.24, 2.45) is 10.9 Å². The van der Waals surface area contributed by atoms with Crippen LogP contribution in [0.15, 0.2) is 59.6 Å². The van der Waals surface area contributed by atoms with Crippen molar-refractivity contribution >= 4 is 23.5 Å². The molecule has 1 saturated heterocycles. The van der Waals surface area contributed by atoms with Gasteiger partial charge in [-0.3, -0.25) is 4.79 Å². The van der Waals surface area contributed by atoms with E-state index < -0.39 is 23.0 Å². The van der Waals surface area contributed by atoms with E-state index in [1.807, 2.05) is 56.0 Å². The average Bonchev–Trinajstić information content (AvgIpc) is 3.61. The summed E-state index contributed by atoms with van der Waals surface area (Å²) >= 11 is 0. The van der Waals surface area contributed by atoms with Crippen LogP contribution in [0.25, 0.3) is 0 Å². The zero-order chi connectivity index (χ0) is 32.2. The summed E-state index contributed by atoms with van der Waals surface area (Å²) in [6.45, 7) is 18.0. The fraction of sp³-hybridized carbons (Fsp3) is 0.541. The molecule has 0 bridgehead atoms. The number of carbonyl (C=O) groups is 2. The number of carbonyl (C=O) groups excluding carboxylic acids is 2. The first kappa shape index (κ1) is 33.3. The summed E-state index contributed by atoms with van der Waals surface area (Å²) in [5, 5.41) is 0. The van der Waals surface area contributed by atoms with Crippen LogP contribution in [-0.2, 0) is 19.9 Å². The van der Waals surface area contributed by atoms with Crippen LogP contribution in [0.2, 0.25) is 0 Å². The Hall–Kier alpha value is -3.61. The van der Waals surface area contributed by atoms with E-state index in [1.54, 1.807) is 7.11 Å². The highest BCUT2D eigenvalue weighted by molar-refractivity contribution is 6.24. The second-order valence-corrected chi connectivity index (χ2v) is 13.6. The van der Waals surface area contributed by atoms with E-state index >= 15 is 4.79 Å². The number of esters is 1. The highest BCUT2D eigenvalue weighted by Gasteiger charge is 2.56. The summed E-state index contributed by atoms with van der Waals surface area (Å²) in [5.74, 6) is 0.895. The van der Waals surface area contributed by atoms with Crippen molar-refractivity contribution in [1.82, 2.24) is 4.90 Å². The van der Waals surface area contributed by atoms with Gasteiger partial charge in [0.1, 0.15) is 11.4 Å². The molecular formula is C37H51N3O4. The fourth-order valence-electron chi connectivity index (χ4n) is 6.39. The molecule has 0 N–H and O–H groups in total. The van der Waals surface area contributed by atoms with Gasteiger partial charge in [-0.25, -0.2) is 14.7 Å². The second kappa shape index (κ2) is 13.6. The van der Waals surface area contributed by atoms with Crippen LogP contribution in [0.5, 0.6) is 5.75 Å². The number of anilines is 1. The lowest BCUT2D eigenvalue weighted by Crippen LogP contribution is -2.48. The average molecular weight is 602 g/mol. The zero-order valence-corrected chi connectivity index (χ0v) is 28.1. The van der Waals surface area contributed by atoms with Gasteiger partial charge in [0.25, 0.3) is 5.91 Å². The maximum absolute atomic E-state index is 15.5. The fourth-order valence-corrected chi connectivity index (χ4v) is 6.39. The molecule has 0 radical (unpaired) electrons. The molecule has 2 aromatic rings. The van der Waals surface area contributed by atoms with Crippen LogP contribution in [0.4, 0.5) is 5.69 Å². The quantitative estimate of drug-likeness (QED) is 0.204. The Balaban J connectivity index is 2.01. The third-order valence-electron chi connectivity index (χ3n) is 8.50. The molecule has 1 fully saturated rings. The van der Waals surface area contributed by atoms with E-state index in [9.17, 15) is 4.79 Å². The second-order valence-electron chi connectivity index (χ2n) is 13.6. The molecule has 44 heavy (non-hydrogen) atoms. The van der Waals surface area contributed by atoms with E-state index in [1.165, 1.54) is 6.08 Å². The third kappa shape index (κ3) is 6.72. The van der Waals surface area contributed by atoms with Crippen LogP contribution in [0.1, 0.15) is 110 Å². The van der Waals surface area contributed by atoms with Gasteiger partial charge >= 0.3 is 5.97 Å². The minimum atomic E-state index is -1.28. The number of methoxy groups -OCH3 is 1. The van der Waals surface area contributed by atoms with E-state index in [4.69, 9.17) is 14.5 Å². The van der Waals surface area contributed by atoms with Gasteiger partial charge in [-0.05, 0) is 80.7 Å². The highest BCUT2D eigenvalue weighted by atomic mass is 16.6. The van der Waals surface area contributed by atoms with Crippen molar-refractivity contribution in [3.8, 4) is 5.75 Å². The molecule has 7 heteroatoms. The minimum absolute atomic E-state index is 0.0909. The molecule has 7 nitrogen and oxygen atoms in total. The van der Waals surface area contributed by atoms with Gasteiger partial charge < -0.3 is 14.4 Å². The Labute approximate surface area is 264 Å². The minimum Gasteiger partial charge on any atom is -0.497 e. The predicted octanol–water partition coefficient (Wildman–Crippen LogP) is 7.95. The molecule has 2 atom stereocenters. The van der Waals surface area contributed by atoms with E-state index in [0.717, 1.165) is 54.7 Å². The van der Waals surface area contributed by atoms with Gasteiger partial charge in [0, 0.05) is 25.1 Å². The number of ether oxygens (including phenoxy) is 2. The maximum atomic E-state index is 15.5. The van der Waals surface area contributed by atoms with E-state index in [2.05, 4.69) is 57.7 Å². The first-order chi connectivity index (χ1) is 20.8. The number of amides is 1. The van der Waals surface area contributed by atoms with Gasteiger partial charge in [-0.15, -0.1) is 0 Å². The first-order valence-corrected chi connectivity index (χ1v) is 16.2. The number of nitrogens with zero attached hydrogens (tertiary/aromatic N) is 3. The van der Waals surface area contributed by atoms with Crippen LogP contribution in [-0.4, -0.2) is 48.5 Å². The highest BCUT2D eigenvalue weighted by Crippen LogP contribution is 2.48. The molecule has 2 aromatic carbocycles. The number of benzene rings is 2. The van der Waals surface area contributed by atoms with Crippen LogP contribution >= 0.6 is 0 Å². The normalized spacial score (nSPS) is 19.8. The number of likely N-dealkylation sites (tertiary alicyclic amines) is 1. The summed E-state index contributed by atoms with van der Waals surface area (Å²) in [6, 6.07) is 14.1. The molecule has 0 aliphatic carbocycles. The summed E-state index contributed by atoms with van der Waals surface area (Å²) in [7, 11) is 1.64. The van der Waals surface area contributed by atoms with Crippen LogP contribution in [0.3, 0.4) is 0 Å². The van der Waals surface area contributed by atoms with Gasteiger partial charge in [-0.1, -0.05) is 77.4 Å². The third-order valence-corrected chi connectivity index (χ3v) is 8.50. The van der Waals surface area contributed by atoms with E-state index in [0.29, 0.717) is 18.1 Å². The van der Waals surface area contributed by atoms with Crippen molar-refractivity contribution in [2.75, 3.05) is 25.1 Å². The molecule has 2 aliphatic rings. The zero-order valence-electron chi connectivity index (χ0n) is 28.1. The number of hydrogen-bond acceptors (Lipinski definition) is 6. The Kier molecular flexibility index (Phi) is 10.3. The smallest absolute Gasteiger partial charge is 0.330 e. The van der Waals surface area contributed by atoms with Gasteiger partial charge in [-0.2, -0.15) is 0 Å². The van der Waals surface area contributed by atoms with Gasteiger partial charge in [0.15, 0.2) is 5.54 Å². The molecule has 0 saturated carbocycles. The number of guanidine groups is 1. The molecule has 0 aromatic heterocycles. The monoisotopic (exact) mass is 601 g/mol. The Bertz CT molecular complexity index is 1350. The lowest BCUT2D eigenvalue weighted by molar-refractivity contribution is -0.148. The topological polar surface area (TPSA) is 71.4 Å². The molecule has 1 amide bonds. The lowest BCUT2D eigenvalue weighted by atomic mass is 9.75. The number of hydrogen-bond donors (Lipinski definition) is 0. The van der Waals surface area contributed by atoms with Crippen molar-refractivity contribution in [3.63, 3.8) is 0 Å². The Morgan fingerprint density at radius 1 is 1.00 bits per heavy atom. The molecule has 4 rings (SSSR count). The number of para-hydroxylation sites is 1. The molecule has 0 unspecified atom stereocenters. The predicted molar refractivity (Wildman–Crippen MR) is 178 cm³/mol. The van der Waals surface area contributed by atoms with Crippen molar-refractivity contribution in [2.45, 2.75) is 104 Å². The summed E-state index contributed by atoms with van der Waals surface area (Å²) in [4.78, 5) is 38.1. The lowest BCUT2D eigenvalue weighted by Gasteiger charge is -2.35. The van der Waals surface area contributed by atoms with Crippen molar-refractivity contribution < 1.29 is 19.1 Å². The molecule has 2 heterocycles. The Morgan fingerprint density at radius 2 is 1.59 bits per heavy atom. The van der Waals surface area contributed by atoms with E-state index in [-0.39, 0.29) is 17.7 Å². The molecule has 0 spiro atoms. The summed E-state index contributed by atoms with van der Waals surface area (Å²) in [6.07, 6.45) is 6.91. The SMILES string of the molecule is CCC[C@@H](/C=C/C(=O)OC(C)(C)C)[C@@]1(c2ccc(OC)cc2)N=C(N2CCCC2)N(c2c(C(C)C)cccc2C(C)C)C1=O. The molecule has 2 aliphatic heterocycles. The molecule has 238 valence electrons. The van der Waals surface area contributed by atoms with Gasteiger partial charge in [0.05, 0.1) is 12.8 Å². The Morgan fingerprint density at radius 3 is 2.09 bits per heavy atom. The van der Waals surface area contributed by atoms with Crippen molar-refractivity contribution in [1.29, 1.82) is 0 Å². The van der Waals surface area contributed by atoms with Crippen molar-refractivity contribution in [3.05, 3.63) is 71.3 Å². The molecular weight excluding hydrogens is 550 g/mol. The van der Waals surface area contributed by atoms with Gasteiger partial charge in [0.2, 0.25) is 5.96 Å². The first-order valence-electron chi connectivity index (χ1n) is 16.2. The van der Waals surface area contributed by atoms with Crippen LogP contribution in [0, 0.1) is 5.92 Å². The summed E-state index contributed by atoms with van der Waals surface area (Å²) < 4.78 is 11.1. The number of rotatable bonds is 10. The standard InChI is InChI=1S/C37H51N3O4/c1-10-14-27(19-22-32(41)44-36(6,7)8)37(28-17-20-29(43-9)21-18-28)34(42)40(35(38-37)39-23-11-12-24-39)33-30(25(2)3)15-13-16-31(33)26(4)5/h13,15-22,25-27H,10-12,14,23-24H2,1-9H3/b22-19+/t27-,37-/m0/s1. The number of aliphatic imine (C=N–C) groups is 1. The largest absolute Gasteiger partial charge is 0.497 e. The van der Waals surface area contributed by atoms with Crippen LogP contribution < -0.4 is 9.64 Å². The maximum Gasteiger partial charge on any atom is 0.330 e. The summed E-state index contributed by atoms with van der Waals surface area (Å²) in [5.41, 5.74) is 2.07.